The SMILES string of the molecule is CC(C)(C)[NH-].C[C]1C(C)=C(C)C(C)=C1C.[Mo+2].[N-]=O.c1ccc(Pc2ccccc2)cc1. The first-order valence-electron chi connectivity index (χ1n) is 10.0. The zero-order chi connectivity index (χ0) is 23.3. The van der Waals surface area contributed by atoms with Crippen LogP contribution < -0.4 is 10.6 Å². The van der Waals surface area contributed by atoms with Gasteiger partial charge in [-0.3, -0.25) is 0 Å². The first-order valence-corrected chi connectivity index (χ1v) is 11.0. The molecule has 0 aromatic heterocycles. The van der Waals surface area contributed by atoms with Crippen LogP contribution in [0.3, 0.4) is 0 Å². The summed E-state index contributed by atoms with van der Waals surface area (Å²) in [5.41, 5.74) is 18.3. The Kier molecular flexibility index (Phi) is 16.7. The summed E-state index contributed by atoms with van der Waals surface area (Å²) < 4.78 is 0. The Balaban J connectivity index is 0. The Morgan fingerprint density at radius 2 is 0.903 bits per heavy atom. The number of hydrogen-bond donors (Lipinski definition) is 0. The molecule has 1 aliphatic carbocycles. The molecule has 0 atom stereocenters. The first kappa shape index (κ1) is 31.8. The second-order valence-corrected chi connectivity index (χ2v) is 9.64. The van der Waals surface area contributed by atoms with Gasteiger partial charge in [-0.25, -0.2) is 0 Å². The molecular weight excluding hydrogens is 483 g/mol. The molecule has 2 aromatic rings. The van der Waals surface area contributed by atoms with Crippen molar-refractivity contribution in [1.82, 2.24) is 0 Å². The van der Waals surface area contributed by atoms with Crippen molar-refractivity contribution in [1.29, 1.82) is 0 Å². The van der Waals surface area contributed by atoms with E-state index in [-0.39, 0.29) is 26.6 Å². The second kappa shape index (κ2) is 16.3. The maximum Gasteiger partial charge on any atom is 2.00 e. The van der Waals surface area contributed by atoms with Gasteiger partial charge in [0.2, 0.25) is 0 Å². The molecule has 0 amide bonds. The Morgan fingerprint density at radius 1 is 0.645 bits per heavy atom. The molecule has 0 fully saturated rings. The topological polar surface area (TPSA) is 63.2 Å². The molecule has 0 bridgehead atoms. The number of nitrogens with one attached hydrogen (secondary N) is 1. The number of hydrogen-bond acceptors (Lipinski definition) is 1. The second-order valence-electron chi connectivity index (χ2n) is 8.23. The maximum atomic E-state index is 7.25. The monoisotopic (exact) mass is 521 g/mol. The van der Waals surface area contributed by atoms with E-state index in [1.54, 1.807) is 0 Å². The molecule has 1 radical (unpaired) electrons. The Bertz CT molecular complexity index is 745. The molecule has 1 N–H and O–H groups in total. The van der Waals surface area contributed by atoms with Gasteiger partial charge in [0, 0.05) is 5.92 Å². The predicted molar refractivity (Wildman–Crippen MR) is 137 cm³/mol. The van der Waals surface area contributed by atoms with E-state index >= 15 is 0 Å². The zero-order valence-electron chi connectivity index (χ0n) is 20.0. The van der Waals surface area contributed by atoms with Crippen molar-refractivity contribution in [2.45, 2.75) is 60.9 Å². The Labute approximate surface area is 205 Å². The van der Waals surface area contributed by atoms with E-state index in [4.69, 9.17) is 16.2 Å². The van der Waals surface area contributed by atoms with Gasteiger partial charge in [0.25, 0.3) is 0 Å². The third-order valence-corrected chi connectivity index (χ3v) is 5.89. The Hall–Kier alpha value is -1.40. The van der Waals surface area contributed by atoms with Crippen LogP contribution in [0.5, 0.6) is 0 Å². The predicted octanol–water partition coefficient (Wildman–Crippen LogP) is 7.74. The van der Waals surface area contributed by atoms with Crippen molar-refractivity contribution in [3.63, 3.8) is 0 Å². The minimum absolute atomic E-state index is 0. The number of nitrogens with zero attached hydrogens (tertiary/aromatic N) is 1. The van der Waals surface area contributed by atoms with Crippen molar-refractivity contribution in [2.24, 2.45) is 0 Å². The number of allylic oxidation sites excluding steroid dienone is 4. The van der Waals surface area contributed by atoms with Gasteiger partial charge < -0.3 is 16.2 Å². The Morgan fingerprint density at radius 3 is 1.10 bits per heavy atom. The molecule has 0 heterocycles. The zero-order valence-corrected chi connectivity index (χ0v) is 23.0. The van der Waals surface area contributed by atoms with Crippen molar-refractivity contribution < 1.29 is 21.1 Å². The molecule has 0 aliphatic heterocycles. The first-order chi connectivity index (χ1) is 14.0. The van der Waals surface area contributed by atoms with Gasteiger partial charge in [-0.2, -0.15) is 0 Å². The van der Waals surface area contributed by atoms with Crippen molar-refractivity contribution >= 4 is 19.2 Å². The van der Waals surface area contributed by atoms with E-state index in [1.807, 2.05) is 20.8 Å². The molecule has 2 aromatic carbocycles. The van der Waals surface area contributed by atoms with Gasteiger partial charge in [0.1, 0.15) is 0 Å². The molecule has 1 aliphatic rings. The van der Waals surface area contributed by atoms with Crippen LogP contribution in [0, 0.1) is 10.8 Å². The molecule has 3 nitrogen and oxygen atoms in total. The molecule has 5 heteroatoms. The van der Waals surface area contributed by atoms with Crippen LogP contribution in [-0.4, -0.2) is 5.54 Å². The molecule has 0 saturated heterocycles. The quantitative estimate of drug-likeness (QED) is 0.296. The summed E-state index contributed by atoms with van der Waals surface area (Å²) >= 11 is 0. The average molecular weight is 520 g/mol. The maximum absolute atomic E-state index is 7.25. The summed E-state index contributed by atoms with van der Waals surface area (Å²) in [4.78, 5) is 7.25. The van der Waals surface area contributed by atoms with Crippen molar-refractivity contribution in [3.05, 3.63) is 105 Å². The molecular formula is C26H36MoN2OP. The summed E-state index contributed by atoms with van der Waals surface area (Å²) in [6.45, 7) is 16.6. The van der Waals surface area contributed by atoms with E-state index < -0.39 is 0 Å². The van der Waals surface area contributed by atoms with Gasteiger partial charge in [0.05, 0.1) is 0 Å². The average Bonchev–Trinajstić information content (AvgIpc) is 2.88. The van der Waals surface area contributed by atoms with Gasteiger partial charge >= 0.3 is 21.1 Å². The summed E-state index contributed by atoms with van der Waals surface area (Å²) in [7, 11) is 0.777. The fourth-order valence-corrected chi connectivity index (χ4v) is 3.67. The van der Waals surface area contributed by atoms with Gasteiger partial charge in [-0.05, 0) is 49.5 Å². The fourth-order valence-electron chi connectivity index (χ4n) is 2.62. The molecule has 31 heavy (non-hydrogen) atoms. The normalized spacial score (nSPS) is 13.1. The van der Waals surface area contributed by atoms with Gasteiger partial charge in [-0.15, -0.1) is 5.54 Å². The molecule has 167 valence electrons. The summed E-state index contributed by atoms with van der Waals surface area (Å²) in [5.74, 6) is 1.47. The van der Waals surface area contributed by atoms with Crippen molar-refractivity contribution in [3.8, 4) is 0 Å². The standard InChI is InChI=1S/C12H11P.C10H15.C4H10N.Mo.NO/c1-3-7-11(8-4-1)13-12-9-5-2-6-10-12;1-6-7(2)9(4)10(5)8(6)3;1-4(2,3)5;;1-2/h1-10,13H;1-5H3;5H,1-3H3;;/q;;-1;+2;-1. The molecule has 0 spiro atoms. The minimum atomic E-state index is -0.250. The van der Waals surface area contributed by atoms with Crippen LogP contribution in [0.25, 0.3) is 11.3 Å². The van der Waals surface area contributed by atoms with Crippen LogP contribution in [0.1, 0.15) is 55.4 Å². The van der Waals surface area contributed by atoms with Gasteiger partial charge in [-0.1, -0.05) is 108 Å². The largest absolute Gasteiger partial charge is 2.00 e. The summed E-state index contributed by atoms with van der Waals surface area (Å²) in [6, 6.07) is 21.2. The third kappa shape index (κ3) is 13.6. The fraction of sp³-hybridized carbons (Fsp3) is 0.346. The van der Waals surface area contributed by atoms with E-state index in [9.17, 15) is 0 Å². The van der Waals surface area contributed by atoms with E-state index in [0.29, 0.717) is 0 Å². The van der Waals surface area contributed by atoms with Crippen LogP contribution in [0.2, 0.25) is 0 Å². The number of rotatable bonds is 2. The summed E-state index contributed by atoms with van der Waals surface area (Å²) in [5, 5.41) is 2.79. The van der Waals surface area contributed by atoms with Gasteiger partial charge in [0.15, 0.2) is 0 Å². The van der Waals surface area contributed by atoms with Crippen LogP contribution in [0.4, 0.5) is 0 Å². The van der Waals surface area contributed by atoms with Crippen LogP contribution in [-0.2, 0) is 21.1 Å². The van der Waals surface area contributed by atoms with E-state index in [2.05, 4.69) is 95.3 Å². The van der Waals surface area contributed by atoms with E-state index in [0.717, 1.165) is 8.58 Å². The number of benzene rings is 2. The van der Waals surface area contributed by atoms with Crippen LogP contribution in [0.15, 0.2) is 83.0 Å². The number of nitroso groups, excluding NO2 is 1. The van der Waals surface area contributed by atoms with Crippen LogP contribution >= 0.6 is 8.58 Å². The minimum Gasteiger partial charge on any atom is -0.673 e. The smallest absolute Gasteiger partial charge is 0.673 e. The molecule has 3 rings (SSSR count). The molecule has 0 unspecified atom stereocenters. The molecule has 0 saturated carbocycles. The van der Waals surface area contributed by atoms with E-state index in [1.165, 1.54) is 38.8 Å². The third-order valence-electron chi connectivity index (χ3n) is 4.65. The van der Waals surface area contributed by atoms with Crippen molar-refractivity contribution in [2.75, 3.05) is 0 Å². The summed E-state index contributed by atoms with van der Waals surface area (Å²) in [6.07, 6.45) is 0.